The van der Waals surface area contributed by atoms with E-state index in [9.17, 15) is 26.7 Å². The van der Waals surface area contributed by atoms with E-state index in [1.54, 1.807) is 18.2 Å². The number of ether oxygens (including phenoxy) is 2. The van der Waals surface area contributed by atoms with Crippen molar-refractivity contribution in [3.63, 3.8) is 0 Å². The standard InChI is InChI=1S/C25H19F3O5S/c26-25(27,28)19-10-15(9-17(12-19)16-1-4-20(5-2-16)34(30)31)11-23(29)24(7-8-24)18-3-6-21-22(13-18)33-14-32-21/h1-6,9-10,12-13H,7-8,11,14H2,(H,30,31). The minimum absolute atomic E-state index is 0.113. The molecule has 0 saturated heterocycles. The number of halogens is 3. The molecule has 34 heavy (non-hydrogen) atoms. The zero-order valence-electron chi connectivity index (χ0n) is 17.7. The van der Waals surface area contributed by atoms with Gasteiger partial charge in [-0.1, -0.05) is 24.3 Å². The molecule has 9 heteroatoms. The monoisotopic (exact) mass is 488 g/mol. The first kappa shape index (κ1) is 22.6. The molecule has 0 aromatic heterocycles. The largest absolute Gasteiger partial charge is 0.454 e. The Morgan fingerprint density at radius 1 is 0.941 bits per heavy atom. The number of carbonyl (C=O) groups excluding carboxylic acids is 1. The van der Waals surface area contributed by atoms with Gasteiger partial charge in [-0.3, -0.25) is 4.79 Å². The lowest BCUT2D eigenvalue weighted by atomic mass is 9.87. The topological polar surface area (TPSA) is 72.8 Å². The highest BCUT2D eigenvalue weighted by atomic mass is 32.2. The highest BCUT2D eigenvalue weighted by molar-refractivity contribution is 7.79. The molecule has 1 unspecified atom stereocenters. The number of hydrogen-bond donors (Lipinski definition) is 1. The number of benzene rings is 3. The van der Waals surface area contributed by atoms with Crippen molar-refractivity contribution < 1.29 is 36.2 Å². The lowest BCUT2D eigenvalue weighted by molar-refractivity contribution is -0.137. The van der Waals surface area contributed by atoms with Crippen LogP contribution < -0.4 is 9.47 Å². The maximum Gasteiger partial charge on any atom is 0.416 e. The fourth-order valence-electron chi connectivity index (χ4n) is 4.29. The summed E-state index contributed by atoms with van der Waals surface area (Å²) in [5, 5.41) is 0. The molecule has 1 aliphatic heterocycles. The van der Waals surface area contributed by atoms with Gasteiger partial charge in [0.2, 0.25) is 6.79 Å². The summed E-state index contributed by atoms with van der Waals surface area (Å²) in [4.78, 5) is 13.5. The van der Waals surface area contributed by atoms with Crippen molar-refractivity contribution in [2.45, 2.75) is 35.7 Å². The highest BCUT2D eigenvalue weighted by Gasteiger charge is 2.51. The van der Waals surface area contributed by atoms with E-state index in [-0.39, 0.29) is 35.0 Å². The normalized spacial score (nSPS) is 16.8. The molecule has 1 atom stereocenters. The van der Waals surface area contributed by atoms with Crippen molar-refractivity contribution in [1.82, 2.24) is 0 Å². The van der Waals surface area contributed by atoms with Crippen molar-refractivity contribution >= 4 is 16.9 Å². The van der Waals surface area contributed by atoms with Crippen LogP contribution in [0.4, 0.5) is 13.2 Å². The summed E-state index contributed by atoms with van der Waals surface area (Å²) in [7, 11) is 0. The molecule has 1 saturated carbocycles. The van der Waals surface area contributed by atoms with Crippen LogP contribution in [0, 0.1) is 0 Å². The molecule has 5 nitrogen and oxygen atoms in total. The van der Waals surface area contributed by atoms with Crippen molar-refractivity contribution in [2.24, 2.45) is 0 Å². The Balaban J connectivity index is 1.46. The third kappa shape index (κ3) is 4.21. The summed E-state index contributed by atoms with van der Waals surface area (Å²) in [5.74, 6) is 1.01. The zero-order valence-corrected chi connectivity index (χ0v) is 18.5. The second-order valence-corrected chi connectivity index (χ2v) is 9.41. The van der Waals surface area contributed by atoms with E-state index in [1.165, 1.54) is 24.3 Å². The molecule has 1 heterocycles. The number of ketones is 1. The number of Topliss-reactive ketones (excluding diaryl/α,β-unsaturated/α-hetero) is 1. The second kappa shape index (κ2) is 8.25. The van der Waals surface area contributed by atoms with Gasteiger partial charge in [0.25, 0.3) is 0 Å². The molecule has 1 N–H and O–H groups in total. The molecule has 3 aromatic rings. The first-order valence-electron chi connectivity index (χ1n) is 10.5. The fraction of sp³-hybridized carbons (Fsp3) is 0.240. The average Bonchev–Trinajstić information content (AvgIpc) is 3.49. The van der Waals surface area contributed by atoms with Crippen molar-refractivity contribution in [3.05, 3.63) is 77.4 Å². The number of rotatable bonds is 6. The third-order valence-corrected chi connectivity index (χ3v) is 6.96. The zero-order chi connectivity index (χ0) is 24.1. The molecular weight excluding hydrogens is 469 g/mol. The Hall–Kier alpha value is -3.17. The Labute approximate surface area is 195 Å². The van der Waals surface area contributed by atoms with Gasteiger partial charge in [0, 0.05) is 6.42 Å². The van der Waals surface area contributed by atoms with Gasteiger partial charge >= 0.3 is 6.18 Å². The predicted molar refractivity (Wildman–Crippen MR) is 118 cm³/mol. The molecule has 0 spiro atoms. The average molecular weight is 488 g/mol. The van der Waals surface area contributed by atoms with E-state index in [1.807, 2.05) is 6.07 Å². The van der Waals surface area contributed by atoms with Crippen LogP contribution in [-0.2, 0) is 33.9 Å². The molecular formula is C25H19F3O5S. The molecule has 3 aromatic carbocycles. The minimum Gasteiger partial charge on any atom is -0.454 e. The second-order valence-electron chi connectivity index (χ2n) is 8.44. The lowest BCUT2D eigenvalue weighted by Crippen LogP contribution is -2.22. The minimum atomic E-state index is -4.59. The van der Waals surface area contributed by atoms with E-state index in [4.69, 9.17) is 9.47 Å². The lowest BCUT2D eigenvalue weighted by Gasteiger charge is -2.17. The molecule has 2 aliphatic rings. The van der Waals surface area contributed by atoms with Crippen LogP contribution in [0.25, 0.3) is 11.1 Å². The highest BCUT2D eigenvalue weighted by Crippen LogP contribution is 2.51. The summed E-state index contributed by atoms with van der Waals surface area (Å²) in [6.45, 7) is 0.113. The van der Waals surface area contributed by atoms with Crippen molar-refractivity contribution in [3.8, 4) is 22.6 Å². The van der Waals surface area contributed by atoms with Gasteiger partial charge in [0.1, 0.15) is 5.78 Å². The molecule has 1 fully saturated rings. The maximum absolute atomic E-state index is 13.6. The number of carbonyl (C=O) groups is 1. The first-order chi connectivity index (χ1) is 16.2. The van der Waals surface area contributed by atoms with Crippen LogP contribution in [0.2, 0.25) is 0 Å². The van der Waals surface area contributed by atoms with Gasteiger partial charge in [-0.05, 0) is 71.5 Å². The van der Waals surface area contributed by atoms with Crippen LogP contribution in [0.3, 0.4) is 0 Å². The number of fused-ring (bicyclic) bond motifs is 1. The van der Waals surface area contributed by atoms with Gasteiger partial charge in [0.15, 0.2) is 22.6 Å². The first-order valence-corrected chi connectivity index (χ1v) is 11.6. The fourth-order valence-corrected chi connectivity index (χ4v) is 4.66. The van der Waals surface area contributed by atoms with Gasteiger partial charge in [-0.15, -0.1) is 0 Å². The Morgan fingerprint density at radius 3 is 2.29 bits per heavy atom. The maximum atomic E-state index is 13.6. The van der Waals surface area contributed by atoms with Crippen molar-refractivity contribution in [2.75, 3.05) is 6.79 Å². The van der Waals surface area contributed by atoms with Crippen LogP contribution in [0.1, 0.15) is 29.5 Å². The van der Waals surface area contributed by atoms with Crippen LogP contribution in [0.5, 0.6) is 11.5 Å². The Bertz CT molecular complexity index is 1300. The third-order valence-electron chi connectivity index (χ3n) is 6.28. The predicted octanol–water partition coefficient (Wildman–Crippen LogP) is 5.53. The number of alkyl halides is 3. The molecule has 0 radical (unpaired) electrons. The van der Waals surface area contributed by atoms with Gasteiger partial charge < -0.3 is 14.0 Å². The number of hydrogen-bond acceptors (Lipinski definition) is 4. The van der Waals surface area contributed by atoms with Crippen LogP contribution >= 0.6 is 0 Å². The van der Waals surface area contributed by atoms with Gasteiger partial charge in [-0.2, -0.15) is 13.2 Å². The van der Waals surface area contributed by atoms with Crippen molar-refractivity contribution in [1.29, 1.82) is 0 Å². The molecule has 176 valence electrons. The summed E-state index contributed by atoms with van der Waals surface area (Å²) in [5.41, 5.74) is 0.183. The summed E-state index contributed by atoms with van der Waals surface area (Å²) in [6.07, 6.45) is -3.49. The van der Waals surface area contributed by atoms with E-state index >= 15 is 0 Å². The Kier molecular flexibility index (Phi) is 5.49. The van der Waals surface area contributed by atoms with E-state index in [0.717, 1.165) is 17.7 Å². The SMILES string of the molecule is O=C(Cc1cc(-c2ccc(S(=O)O)cc2)cc(C(F)(F)F)c1)C1(c2ccc3c(c2)OCO3)CC1. The van der Waals surface area contributed by atoms with E-state index in [2.05, 4.69) is 0 Å². The summed E-state index contributed by atoms with van der Waals surface area (Å²) >= 11 is -2.19. The smallest absolute Gasteiger partial charge is 0.416 e. The van der Waals surface area contributed by atoms with Crippen LogP contribution in [-0.4, -0.2) is 21.3 Å². The molecule has 0 bridgehead atoms. The van der Waals surface area contributed by atoms with Crippen LogP contribution in [0.15, 0.2) is 65.6 Å². The summed E-state index contributed by atoms with van der Waals surface area (Å²) in [6, 6.07) is 14.7. The molecule has 5 rings (SSSR count). The molecule has 0 amide bonds. The van der Waals surface area contributed by atoms with Gasteiger partial charge in [-0.25, -0.2) is 4.21 Å². The van der Waals surface area contributed by atoms with Gasteiger partial charge in [0.05, 0.1) is 15.9 Å². The van der Waals surface area contributed by atoms with E-state index < -0.39 is 28.2 Å². The molecule has 1 aliphatic carbocycles. The Morgan fingerprint density at radius 2 is 1.65 bits per heavy atom. The quantitative estimate of drug-likeness (QED) is 0.463. The van der Waals surface area contributed by atoms with E-state index in [0.29, 0.717) is 29.9 Å². The summed E-state index contributed by atoms with van der Waals surface area (Å²) < 4.78 is 72.0.